The first-order valence-electron chi connectivity index (χ1n) is 11.5. The fourth-order valence-electron chi connectivity index (χ4n) is 4.10. The predicted molar refractivity (Wildman–Crippen MR) is 130 cm³/mol. The molecule has 0 saturated carbocycles. The van der Waals surface area contributed by atoms with Gasteiger partial charge in [-0.1, -0.05) is 42.5 Å². The SMILES string of the molecule is O=C(C=Cc1ccc(CN(CCN2CCOCC2)C(=O)Cc2c[nH]c3ccccc23)cc1)NO. The Hall–Kier alpha value is -3.46. The Morgan fingerprint density at radius 3 is 2.65 bits per heavy atom. The number of aromatic amines is 1. The standard InChI is InChI=1S/C26H30N4O4/c31-25(28-33)10-9-20-5-7-21(8-6-20)19-30(12-11-29-13-15-34-16-14-29)26(32)17-22-18-27-24-4-2-1-3-23(22)24/h1-10,18,27,33H,11-17,19H2,(H,28,31). The number of morpholine rings is 1. The van der Waals surface area contributed by atoms with Crippen LogP contribution in [0.15, 0.2) is 60.8 Å². The van der Waals surface area contributed by atoms with Gasteiger partial charge in [-0.2, -0.15) is 0 Å². The van der Waals surface area contributed by atoms with Gasteiger partial charge >= 0.3 is 0 Å². The van der Waals surface area contributed by atoms with Crippen molar-refractivity contribution >= 4 is 28.8 Å². The second-order valence-corrected chi connectivity index (χ2v) is 8.36. The van der Waals surface area contributed by atoms with Crippen molar-refractivity contribution in [3.05, 3.63) is 77.5 Å². The molecule has 0 aliphatic carbocycles. The highest BCUT2D eigenvalue weighted by molar-refractivity contribution is 5.91. The highest BCUT2D eigenvalue weighted by Crippen LogP contribution is 2.19. The third-order valence-electron chi connectivity index (χ3n) is 6.05. The number of fused-ring (bicyclic) bond motifs is 1. The zero-order valence-electron chi connectivity index (χ0n) is 19.1. The average molecular weight is 463 g/mol. The minimum atomic E-state index is -0.582. The fraction of sp³-hybridized carbons (Fsp3) is 0.308. The van der Waals surface area contributed by atoms with Crippen molar-refractivity contribution in [1.29, 1.82) is 0 Å². The molecule has 2 amide bonds. The molecule has 0 radical (unpaired) electrons. The number of hydrogen-bond acceptors (Lipinski definition) is 5. The molecule has 8 heteroatoms. The molecule has 178 valence electrons. The topological polar surface area (TPSA) is 97.9 Å². The molecule has 3 N–H and O–H groups in total. The van der Waals surface area contributed by atoms with E-state index >= 15 is 0 Å². The van der Waals surface area contributed by atoms with E-state index < -0.39 is 5.91 Å². The maximum atomic E-state index is 13.4. The van der Waals surface area contributed by atoms with Gasteiger partial charge < -0.3 is 14.6 Å². The number of amides is 2. The van der Waals surface area contributed by atoms with Crippen molar-refractivity contribution in [2.24, 2.45) is 0 Å². The van der Waals surface area contributed by atoms with E-state index in [-0.39, 0.29) is 5.91 Å². The van der Waals surface area contributed by atoms with Gasteiger partial charge in [0.15, 0.2) is 0 Å². The molecule has 0 spiro atoms. The number of nitrogens with zero attached hydrogens (tertiary/aromatic N) is 2. The lowest BCUT2D eigenvalue weighted by Crippen LogP contribution is -2.43. The molecule has 3 aromatic rings. The summed E-state index contributed by atoms with van der Waals surface area (Å²) in [5, 5.41) is 9.68. The number of benzene rings is 2. The molecule has 1 aliphatic heterocycles. The molecular weight excluding hydrogens is 432 g/mol. The summed E-state index contributed by atoms with van der Waals surface area (Å²) >= 11 is 0. The van der Waals surface area contributed by atoms with Gasteiger partial charge in [0.25, 0.3) is 5.91 Å². The quantitative estimate of drug-likeness (QED) is 0.258. The van der Waals surface area contributed by atoms with Crippen LogP contribution >= 0.6 is 0 Å². The first kappa shape index (κ1) is 23.7. The number of carbonyl (C=O) groups is 2. The lowest BCUT2D eigenvalue weighted by molar-refractivity contribution is -0.131. The molecule has 1 saturated heterocycles. The number of nitrogens with one attached hydrogen (secondary N) is 2. The number of carbonyl (C=O) groups excluding carboxylic acids is 2. The Morgan fingerprint density at radius 1 is 1.12 bits per heavy atom. The molecule has 8 nitrogen and oxygen atoms in total. The van der Waals surface area contributed by atoms with Crippen molar-refractivity contribution in [1.82, 2.24) is 20.3 Å². The van der Waals surface area contributed by atoms with E-state index in [2.05, 4.69) is 9.88 Å². The molecule has 1 fully saturated rings. The predicted octanol–water partition coefficient (Wildman–Crippen LogP) is 2.59. The van der Waals surface area contributed by atoms with Gasteiger partial charge in [-0.15, -0.1) is 0 Å². The minimum absolute atomic E-state index is 0.0848. The molecule has 2 aromatic carbocycles. The zero-order valence-corrected chi connectivity index (χ0v) is 19.1. The number of aromatic nitrogens is 1. The number of H-pyrrole nitrogens is 1. The summed E-state index contributed by atoms with van der Waals surface area (Å²) in [5.74, 6) is -0.497. The van der Waals surface area contributed by atoms with Crippen molar-refractivity contribution < 1.29 is 19.5 Å². The summed E-state index contributed by atoms with van der Waals surface area (Å²) < 4.78 is 5.44. The molecule has 0 atom stereocenters. The second kappa shape index (κ2) is 11.6. The van der Waals surface area contributed by atoms with Crippen LogP contribution in [0.25, 0.3) is 17.0 Å². The van der Waals surface area contributed by atoms with Crippen LogP contribution in [-0.4, -0.2) is 71.2 Å². The number of para-hydroxylation sites is 1. The van der Waals surface area contributed by atoms with E-state index in [0.29, 0.717) is 19.5 Å². The highest BCUT2D eigenvalue weighted by Gasteiger charge is 2.19. The van der Waals surface area contributed by atoms with E-state index in [9.17, 15) is 9.59 Å². The Kier molecular flexibility index (Phi) is 8.08. The van der Waals surface area contributed by atoms with Crippen LogP contribution in [0.4, 0.5) is 0 Å². The number of hydrogen-bond donors (Lipinski definition) is 3. The zero-order chi connectivity index (χ0) is 23.8. The van der Waals surface area contributed by atoms with Crippen LogP contribution in [0.5, 0.6) is 0 Å². The lowest BCUT2D eigenvalue weighted by atomic mass is 10.1. The summed E-state index contributed by atoms with van der Waals surface area (Å²) in [6.45, 7) is 5.17. The van der Waals surface area contributed by atoms with Gasteiger partial charge in [-0.05, 0) is 28.8 Å². The molecule has 0 unspecified atom stereocenters. The maximum Gasteiger partial charge on any atom is 0.267 e. The molecule has 0 bridgehead atoms. The molecule has 34 heavy (non-hydrogen) atoms. The van der Waals surface area contributed by atoms with Crippen molar-refractivity contribution in [3.8, 4) is 0 Å². The van der Waals surface area contributed by atoms with Crippen LogP contribution in [0.1, 0.15) is 16.7 Å². The van der Waals surface area contributed by atoms with E-state index in [1.54, 1.807) is 11.6 Å². The maximum absolute atomic E-state index is 13.4. The van der Waals surface area contributed by atoms with Gasteiger partial charge in [0.05, 0.1) is 19.6 Å². The summed E-state index contributed by atoms with van der Waals surface area (Å²) in [7, 11) is 0. The largest absolute Gasteiger partial charge is 0.379 e. The Bertz CT molecular complexity index is 1130. The average Bonchev–Trinajstić information content (AvgIpc) is 3.29. The van der Waals surface area contributed by atoms with Crippen molar-refractivity contribution in [3.63, 3.8) is 0 Å². The van der Waals surface area contributed by atoms with E-state index in [4.69, 9.17) is 9.94 Å². The summed E-state index contributed by atoms with van der Waals surface area (Å²) in [6, 6.07) is 15.7. The minimum Gasteiger partial charge on any atom is -0.379 e. The molecule has 2 heterocycles. The Balaban J connectivity index is 1.46. The van der Waals surface area contributed by atoms with Crippen LogP contribution in [0.3, 0.4) is 0 Å². The van der Waals surface area contributed by atoms with E-state index in [0.717, 1.165) is 60.4 Å². The monoisotopic (exact) mass is 462 g/mol. The van der Waals surface area contributed by atoms with Gasteiger partial charge in [0.1, 0.15) is 0 Å². The summed E-state index contributed by atoms with van der Waals surface area (Å²) in [4.78, 5) is 32.1. The van der Waals surface area contributed by atoms with Gasteiger partial charge in [-0.3, -0.25) is 19.7 Å². The molecule has 1 aliphatic rings. The fourth-order valence-corrected chi connectivity index (χ4v) is 4.10. The number of ether oxygens (including phenoxy) is 1. The van der Waals surface area contributed by atoms with Crippen LogP contribution in [0.2, 0.25) is 0 Å². The first-order valence-corrected chi connectivity index (χ1v) is 11.5. The Morgan fingerprint density at radius 2 is 1.88 bits per heavy atom. The van der Waals surface area contributed by atoms with Crippen LogP contribution in [0, 0.1) is 0 Å². The molecule has 4 rings (SSSR count). The van der Waals surface area contributed by atoms with Crippen molar-refractivity contribution in [2.75, 3.05) is 39.4 Å². The second-order valence-electron chi connectivity index (χ2n) is 8.36. The third-order valence-corrected chi connectivity index (χ3v) is 6.05. The van der Waals surface area contributed by atoms with Crippen LogP contribution < -0.4 is 5.48 Å². The van der Waals surface area contributed by atoms with Crippen LogP contribution in [-0.2, 0) is 27.3 Å². The highest BCUT2D eigenvalue weighted by atomic mass is 16.5. The van der Waals surface area contributed by atoms with Crippen molar-refractivity contribution in [2.45, 2.75) is 13.0 Å². The summed E-state index contributed by atoms with van der Waals surface area (Å²) in [5.41, 5.74) is 5.45. The Labute approximate surface area is 198 Å². The number of hydroxylamine groups is 1. The smallest absolute Gasteiger partial charge is 0.267 e. The van der Waals surface area contributed by atoms with Gasteiger partial charge in [-0.25, -0.2) is 5.48 Å². The van der Waals surface area contributed by atoms with E-state index in [1.807, 2.05) is 59.6 Å². The van der Waals surface area contributed by atoms with Gasteiger partial charge in [0, 0.05) is 55.9 Å². The van der Waals surface area contributed by atoms with E-state index in [1.165, 1.54) is 6.08 Å². The molecule has 1 aromatic heterocycles. The van der Waals surface area contributed by atoms with Gasteiger partial charge in [0.2, 0.25) is 5.91 Å². The molecular formula is C26H30N4O4. The summed E-state index contributed by atoms with van der Waals surface area (Å²) in [6.07, 6.45) is 5.14. The number of rotatable bonds is 9. The lowest BCUT2D eigenvalue weighted by Gasteiger charge is -2.30. The third kappa shape index (κ3) is 6.32. The normalized spacial score (nSPS) is 14.5. The first-order chi connectivity index (χ1) is 16.6.